The quantitative estimate of drug-likeness (QED) is 0.581. The second-order valence-corrected chi connectivity index (χ2v) is 5.09. The average molecular weight is 287 g/mol. The van der Waals surface area contributed by atoms with E-state index in [-0.39, 0.29) is 5.82 Å². The Labute approximate surface area is 106 Å². The van der Waals surface area contributed by atoms with E-state index in [1.165, 1.54) is 32.1 Å². The molecule has 0 bridgehead atoms. The Morgan fingerprint density at radius 2 is 1.75 bits per heavy atom. The van der Waals surface area contributed by atoms with Crippen LogP contribution in [0.5, 0.6) is 0 Å². The van der Waals surface area contributed by atoms with Crippen molar-refractivity contribution in [3.63, 3.8) is 0 Å². The minimum atomic E-state index is -0.0870. The number of hydrogen-bond acceptors (Lipinski definition) is 0. The first-order valence-corrected chi connectivity index (χ1v) is 6.98. The van der Waals surface area contributed by atoms with Crippen molar-refractivity contribution in [2.45, 2.75) is 51.9 Å². The van der Waals surface area contributed by atoms with Gasteiger partial charge in [-0.2, -0.15) is 0 Å². The molecular weight excluding hydrogens is 267 g/mol. The molecular formula is C14H20BrF. The first-order chi connectivity index (χ1) is 7.75. The molecule has 0 fully saturated rings. The van der Waals surface area contributed by atoms with Crippen LogP contribution >= 0.6 is 15.9 Å². The van der Waals surface area contributed by atoms with Crippen molar-refractivity contribution in [1.29, 1.82) is 0 Å². The molecule has 0 atom stereocenters. The molecule has 0 aliphatic heterocycles. The smallest absolute Gasteiger partial charge is 0.140 e. The Morgan fingerprint density at radius 3 is 2.50 bits per heavy atom. The summed E-state index contributed by atoms with van der Waals surface area (Å²) in [5.41, 5.74) is 0.838. The summed E-state index contributed by atoms with van der Waals surface area (Å²) in [6, 6.07) is 5.53. The summed E-state index contributed by atoms with van der Waals surface area (Å²) in [5.74, 6) is -0.0870. The Hall–Kier alpha value is -0.370. The molecule has 0 nitrogen and oxygen atoms in total. The van der Waals surface area contributed by atoms with Crippen LogP contribution in [0.15, 0.2) is 22.7 Å². The van der Waals surface area contributed by atoms with Crippen molar-refractivity contribution in [2.24, 2.45) is 0 Å². The van der Waals surface area contributed by atoms with Crippen LogP contribution in [-0.2, 0) is 6.42 Å². The number of halogens is 2. The molecule has 90 valence electrons. The van der Waals surface area contributed by atoms with Gasteiger partial charge in [0, 0.05) is 0 Å². The minimum absolute atomic E-state index is 0.0870. The van der Waals surface area contributed by atoms with Crippen LogP contribution in [-0.4, -0.2) is 0 Å². The van der Waals surface area contributed by atoms with Crippen LogP contribution in [0.4, 0.5) is 4.39 Å². The van der Waals surface area contributed by atoms with E-state index in [1.54, 1.807) is 6.07 Å². The summed E-state index contributed by atoms with van der Waals surface area (Å²) in [4.78, 5) is 0. The van der Waals surface area contributed by atoms with E-state index >= 15 is 0 Å². The lowest BCUT2D eigenvalue weighted by Crippen LogP contribution is -1.92. The molecule has 0 spiro atoms. The summed E-state index contributed by atoms with van der Waals surface area (Å²) >= 11 is 3.21. The third-order valence-electron chi connectivity index (χ3n) is 2.83. The molecule has 2 heteroatoms. The van der Waals surface area contributed by atoms with Gasteiger partial charge in [-0.1, -0.05) is 51.2 Å². The van der Waals surface area contributed by atoms with Crippen molar-refractivity contribution in [3.8, 4) is 0 Å². The summed E-state index contributed by atoms with van der Waals surface area (Å²) in [6.45, 7) is 2.22. The van der Waals surface area contributed by atoms with Crippen LogP contribution < -0.4 is 0 Å². The number of hydrogen-bond donors (Lipinski definition) is 0. The van der Waals surface area contributed by atoms with Gasteiger partial charge in [0.05, 0.1) is 4.47 Å². The zero-order valence-corrected chi connectivity index (χ0v) is 11.5. The zero-order chi connectivity index (χ0) is 11.8. The zero-order valence-electron chi connectivity index (χ0n) is 9.94. The Morgan fingerprint density at radius 1 is 1.06 bits per heavy atom. The SMILES string of the molecule is CCCCCCCCc1cccc(Br)c1F. The topological polar surface area (TPSA) is 0 Å². The van der Waals surface area contributed by atoms with E-state index in [4.69, 9.17) is 0 Å². The maximum atomic E-state index is 13.6. The minimum Gasteiger partial charge on any atom is -0.205 e. The van der Waals surface area contributed by atoms with Crippen molar-refractivity contribution >= 4 is 15.9 Å². The highest BCUT2D eigenvalue weighted by Crippen LogP contribution is 2.20. The van der Waals surface area contributed by atoms with Gasteiger partial charge in [-0.15, -0.1) is 0 Å². The number of unbranched alkanes of at least 4 members (excludes halogenated alkanes) is 5. The van der Waals surface area contributed by atoms with Gasteiger partial charge in [-0.3, -0.25) is 0 Å². The van der Waals surface area contributed by atoms with Crippen LogP contribution in [0.1, 0.15) is 51.0 Å². The molecule has 16 heavy (non-hydrogen) atoms. The summed E-state index contributed by atoms with van der Waals surface area (Å²) in [5, 5.41) is 0. The van der Waals surface area contributed by atoms with Crippen LogP contribution in [0, 0.1) is 5.82 Å². The molecule has 0 N–H and O–H groups in total. The molecule has 0 saturated heterocycles. The van der Waals surface area contributed by atoms with Gasteiger partial charge in [-0.05, 0) is 40.4 Å². The van der Waals surface area contributed by atoms with Gasteiger partial charge in [0.25, 0.3) is 0 Å². The Balaban J connectivity index is 2.24. The fourth-order valence-electron chi connectivity index (χ4n) is 1.84. The highest BCUT2D eigenvalue weighted by molar-refractivity contribution is 9.10. The molecule has 0 aromatic heterocycles. The van der Waals surface area contributed by atoms with Crippen molar-refractivity contribution < 1.29 is 4.39 Å². The third-order valence-corrected chi connectivity index (χ3v) is 3.44. The van der Waals surface area contributed by atoms with Crippen LogP contribution in [0.2, 0.25) is 0 Å². The maximum Gasteiger partial charge on any atom is 0.140 e. The fraction of sp³-hybridized carbons (Fsp3) is 0.571. The highest BCUT2D eigenvalue weighted by Gasteiger charge is 2.04. The highest BCUT2D eigenvalue weighted by atomic mass is 79.9. The van der Waals surface area contributed by atoms with Gasteiger partial charge in [0.2, 0.25) is 0 Å². The summed E-state index contributed by atoms with van der Waals surface area (Å²) < 4.78 is 14.2. The van der Waals surface area contributed by atoms with Crippen molar-refractivity contribution in [3.05, 3.63) is 34.1 Å². The van der Waals surface area contributed by atoms with E-state index in [9.17, 15) is 4.39 Å². The van der Waals surface area contributed by atoms with Crippen LogP contribution in [0.3, 0.4) is 0 Å². The third kappa shape index (κ3) is 4.65. The molecule has 0 amide bonds. The predicted octanol–water partition coefficient (Wildman–Crippen LogP) is 5.49. The molecule has 0 saturated carbocycles. The lowest BCUT2D eigenvalue weighted by Gasteiger charge is -2.04. The number of benzene rings is 1. The second kappa shape index (κ2) is 7.83. The molecule has 0 radical (unpaired) electrons. The predicted molar refractivity (Wildman–Crippen MR) is 71.2 cm³/mol. The van der Waals surface area contributed by atoms with Gasteiger partial charge < -0.3 is 0 Å². The molecule has 0 unspecified atom stereocenters. The van der Waals surface area contributed by atoms with E-state index in [2.05, 4.69) is 22.9 Å². The van der Waals surface area contributed by atoms with Gasteiger partial charge in [0.1, 0.15) is 5.82 Å². The van der Waals surface area contributed by atoms with Crippen molar-refractivity contribution in [1.82, 2.24) is 0 Å². The van der Waals surface area contributed by atoms with Crippen molar-refractivity contribution in [2.75, 3.05) is 0 Å². The van der Waals surface area contributed by atoms with E-state index < -0.39 is 0 Å². The van der Waals surface area contributed by atoms with Gasteiger partial charge in [-0.25, -0.2) is 4.39 Å². The van der Waals surface area contributed by atoms with E-state index in [1.807, 2.05) is 12.1 Å². The number of aryl methyl sites for hydroxylation is 1. The normalized spacial score (nSPS) is 10.7. The largest absolute Gasteiger partial charge is 0.205 e. The summed E-state index contributed by atoms with van der Waals surface area (Å²) in [7, 11) is 0. The Bertz CT molecular complexity index is 310. The molecule has 1 rings (SSSR count). The summed E-state index contributed by atoms with van der Waals surface area (Å²) in [6.07, 6.45) is 8.37. The molecule has 0 aliphatic carbocycles. The van der Waals surface area contributed by atoms with Gasteiger partial charge in [0.15, 0.2) is 0 Å². The van der Waals surface area contributed by atoms with E-state index in [0.717, 1.165) is 18.4 Å². The van der Waals surface area contributed by atoms with Crippen LogP contribution in [0.25, 0.3) is 0 Å². The maximum absolute atomic E-state index is 13.6. The van der Waals surface area contributed by atoms with Gasteiger partial charge >= 0.3 is 0 Å². The second-order valence-electron chi connectivity index (χ2n) is 4.23. The van der Waals surface area contributed by atoms with E-state index in [0.29, 0.717) is 4.47 Å². The fourth-order valence-corrected chi connectivity index (χ4v) is 2.24. The molecule has 0 aliphatic rings. The first-order valence-electron chi connectivity index (χ1n) is 6.18. The molecule has 1 aromatic carbocycles. The first kappa shape index (κ1) is 13.7. The number of rotatable bonds is 7. The monoisotopic (exact) mass is 286 g/mol. The molecule has 0 heterocycles. The average Bonchev–Trinajstić information content (AvgIpc) is 2.29. The molecule has 1 aromatic rings. The lowest BCUT2D eigenvalue weighted by atomic mass is 10.0. The Kier molecular flexibility index (Phi) is 6.70. The standard InChI is InChI=1S/C14H20BrF/c1-2-3-4-5-6-7-9-12-10-8-11-13(15)14(12)16/h8,10-11H,2-7,9H2,1H3. The lowest BCUT2D eigenvalue weighted by molar-refractivity contribution is 0.577.